The Bertz CT molecular complexity index is 758. The largest absolute Gasteiger partial charge is 0.393 e. The zero-order chi connectivity index (χ0) is 23.3. The van der Waals surface area contributed by atoms with Gasteiger partial charge in [-0.3, -0.25) is 0 Å². The Morgan fingerprint density at radius 2 is 1.84 bits per heavy atom. The van der Waals surface area contributed by atoms with Crippen LogP contribution >= 0.6 is 0 Å². The maximum atomic E-state index is 10.3. The van der Waals surface area contributed by atoms with E-state index in [1.165, 1.54) is 44.1 Å². The lowest BCUT2D eigenvalue weighted by atomic mass is 9.47. The van der Waals surface area contributed by atoms with E-state index in [1.54, 1.807) is 5.57 Å². The number of rotatable bonds is 6. The second-order valence-corrected chi connectivity index (χ2v) is 12.9. The van der Waals surface area contributed by atoms with Crippen LogP contribution < -0.4 is 0 Å². The molecule has 4 aliphatic rings. The highest BCUT2D eigenvalue weighted by Gasteiger charge is 2.58. The van der Waals surface area contributed by atoms with Crippen LogP contribution in [0.5, 0.6) is 0 Å². The summed E-state index contributed by atoms with van der Waals surface area (Å²) < 4.78 is 0. The fourth-order valence-electron chi connectivity index (χ4n) is 9.04. The first-order valence-electron chi connectivity index (χ1n) is 13.8. The fraction of sp³-hybridized carbons (Fsp3) is 0.806. The number of aliphatic hydroxyl groups is 1. The van der Waals surface area contributed by atoms with E-state index in [1.807, 2.05) is 0 Å². The molecule has 0 radical (unpaired) electrons. The maximum Gasteiger partial charge on any atom is 0.0577 e. The van der Waals surface area contributed by atoms with Crippen LogP contribution in [0.3, 0.4) is 0 Å². The van der Waals surface area contributed by atoms with E-state index in [2.05, 4.69) is 66.3 Å². The highest BCUT2D eigenvalue weighted by molar-refractivity contribution is 5.25. The van der Waals surface area contributed by atoms with Gasteiger partial charge in [-0.1, -0.05) is 77.5 Å². The summed E-state index contributed by atoms with van der Waals surface area (Å²) in [6, 6.07) is 0. The maximum absolute atomic E-state index is 10.3. The van der Waals surface area contributed by atoms with Crippen molar-refractivity contribution in [2.75, 3.05) is 0 Å². The molecule has 0 saturated heterocycles. The smallest absolute Gasteiger partial charge is 0.0577 e. The average Bonchev–Trinajstić information content (AvgIpc) is 3.11. The quantitative estimate of drug-likeness (QED) is 0.413. The monoisotopic (exact) mass is 438 g/mol. The molecule has 1 nitrogen and oxygen atoms in total. The van der Waals surface area contributed by atoms with Crippen molar-refractivity contribution in [3.8, 4) is 0 Å². The summed E-state index contributed by atoms with van der Waals surface area (Å²) >= 11 is 0. The van der Waals surface area contributed by atoms with Crippen LogP contribution in [0, 0.1) is 52.3 Å². The van der Waals surface area contributed by atoms with Gasteiger partial charge in [-0.25, -0.2) is 0 Å². The van der Waals surface area contributed by atoms with Crippen LogP contribution in [-0.2, 0) is 0 Å². The zero-order valence-corrected chi connectivity index (χ0v) is 21.9. The fourth-order valence-corrected chi connectivity index (χ4v) is 9.04. The Hall–Kier alpha value is -0.820. The standard InChI is InChI=1S/C31H50O/c1-8-21(4)25(20(2)3)11-9-22(5)27-13-14-28-26-12-10-23-19-24(32)15-17-30(23,6)29(26)16-18-31(27,28)7/h9-11,20,22,24-29,32H,4,8,12-19H2,1-3,5-7H3/b11-9+/t22?,24-,25?,26?,27?,28?,29?,30-,31+/m0/s1. The van der Waals surface area contributed by atoms with Gasteiger partial charge in [-0.05, 0) is 110 Å². The first-order valence-corrected chi connectivity index (χ1v) is 13.8. The molecule has 0 aromatic heterocycles. The molecule has 0 aromatic rings. The summed E-state index contributed by atoms with van der Waals surface area (Å²) in [5, 5.41) is 10.3. The van der Waals surface area contributed by atoms with Crippen molar-refractivity contribution in [2.24, 2.45) is 52.3 Å². The van der Waals surface area contributed by atoms with Crippen molar-refractivity contribution in [3.63, 3.8) is 0 Å². The molecule has 1 N–H and O–H groups in total. The molecule has 180 valence electrons. The Morgan fingerprint density at radius 3 is 2.53 bits per heavy atom. The van der Waals surface area contributed by atoms with Gasteiger partial charge >= 0.3 is 0 Å². The van der Waals surface area contributed by atoms with Crippen molar-refractivity contribution in [1.82, 2.24) is 0 Å². The zero-order valence-electron chi connectivity index (χ0n) is 21.9. The van der Waals surface area contributed by atoms with Gasteiger partial charge in [0.15, 0.2) is 0 Å². The SMILES string of the molecule is C=C(CC)C(/C=C/C(C)C1CCC2C3CC=C4C[C@@H](O)CC[C@]4(C)C3CC[C@]12C)C(C)C. The molecule has 0 aromatic carbocycles. The molecule has 32 heavy (non-hydrogen) atoms. The Balaban J connectivity index is 1.52. The van der Waals surface area contributed by atoms with Gasteiger partial charge < -0.3 is 5.11 Å². The van der Waals surface area contributed by atoms with Crippen LogP contribution in [0.15, 0.2) is 36.0 Å². The third kappa shape index (κ3) is 3.99. The average molecular weight is 439 g/mol. The van der Waals surface area contributed by atoms with Crippen molar-refractivity contribution >= 4 is 0 Å². The molecular formula is C31H50O. The van der Waals surface area contributed by atoms with Crippen LogP contribution in [0.4, 0.5) is 0 Å². The molecule has 3 saturated carbocycles. The predicted octanol–water partition coefficient (Wildman–Crippen LogP) is 8.36. The molecule has 0 spiro atoms. The second kappa shape index (κ2) is 9.09. The van der Waals surface area contributed by atoms with Crippen molar-refractivity contribution in [2.45, 2.75) is 105 Å². The van der Waals surface area contributed by atoms with Gasteiger partial charge in [0.25, 0.3) is 0 Å². The Kier molecular flexibility index (Phi) is 6.90. The molecule has 9 atom stereocenters. The third-order valence-corrected chi connectivity index (χ3v) is 11.1. The lowest BCUT2D eigenvalue weighted by Crippen LogP contribution is -2.50. The number of fused-ring (bicyclic) bond motifs is 5. The molecule has 0 amide bonds. The van der Waals surface area contributed by atoms with E-state index in [0.29, 0.717) is 28.6 Å². The molecular weight excluding hydrogens is 388 g/mol. The van der Waals surface area contributed by atoms with Crippen molar-refractivity contribution < 1.29 is 5.11 Å². The normalized spacial score (nSPS) is 43.4. The number of hydrogen-bond acceptors (Lipinski definition) is 1. The molecule has 3 fully saturated rings. The van der Waals surface area contributed by atoms with Gasteiger partial charge in [0.2, 0.25) is 0 Å². The predicted molar refractivity (Wildman–Crippen MR) is 137 cm³/mol. The highest BCUT2D eigenvalue weighted by atomic mass is 16.3. The summed E-state index contributed by atoms with van der Waals surface area (Å²) in [4.78, 5) is 0. The van der Waals surface area contributed by atoms with E-state index in [4.69, 9.17) is 0 Å². The molecule has 1 heteroatoms. The number of hydrogen-bond donors (Lipinski definition) is 1. The van der Waals surface area contributed by atoms with Crippen LogP contribution in [0.1, 0.15) is 99.3 Å². The minimum absolute atomic E-state index is 0.0957. The number of aliphatic hydroxyl groups excluding tert-OH is 1. The summed E-state index contributed by atoms with van der Waals surface area (Å²) in [5.74, 6) is 5.22. The third-order valence-electron chi connectivity index (χ3n) is 11.1. The molecule has 4 rings (SSSR count). The summed E-state index contributed by atoms with van der Waals surface area (Å²) in [6.07, 6.45) is 18.7. The van der Waals surface area contributed by atoms with Crippen molar-refractivity contribution in [3.05, 3.63) is 36.0 Å². The molecule has 0 heterocycles. The van der Waals surface area contributed by atoms with E-state index in [9.17, 15) is 5.11 Å². The van der Waals surface area contributed by atoms with E-state index < -0.39 is 0 Å². The molecule has 6 unspecified atom stereocenters. The lowest BCUT2D eigenvalue weighted by Gasteiger charge is -2.58. The molecule has 0 aliphatic heterocycles. The van der Waals surface area contributed by atoms with Gasteiger partial charge in [0.1, 0.15) is 0 Å². The van der Waals surface area contributed by atoms with Gasteiger partial charge in [-0.2, -0.15) is 0 Å². The summed E-state index contributed by atoms with van der Waals surface area (Å²) in [7, 11) is 0. The van der Waals surface area contributed by atoms with E-state index in [0.717, 1.165) is 42.9 Å². The van der Waals surface area contributed by atoms with Gasteiger partial charge in [0, 0.05) is 0 Å². The first-order chi connectivity index (χ1) is 15.1. The Morgan fingerprint density at radius 1 is 1.09 bits per heavy atom. The Labute approximate surface area is 198 Å². The minimum Gasteiger partial charge on any atom is -0.393 e. The second-order valence-electron chi connectivity index (χ2n) is 12.9. The molecule has 0 bridgehead atoms. The number of allylic oxidation sites excluding steroid dienone is 4. The van der Waals surface area contributed by atoms with Crippen molar-refractivity contribution in [1.29, 1.82) is 0 Å². The minimum atomic E-state index is -0.0957. The van der Waals surface area contributed by atoms with E-state index >= 15 is 0 Å². The van der Waals surface area contributed by atoms with Crippen LogP contribution in [-0.4, -0.2) is 11.2 Å². The van der Waals surface area contributed by atoms with Crippen LogP contribution in [0.2, 0.25) is 0 Å². The first kappa shape index (κ1) is 24.3. The van der Waals surface area contributed by atoms with Gasteiger partial charge in [-0.15, -0.1) is 0 Å². The summed E-state index contributed by atoms with van der Waals surface area (Å²) in [6.45, 7) is 19.0. The molecule has 4 aliphatic carbocycles. The highest BCUT2D eigenvalue weighted by Crippen LogP contribution is 2.67. The summed E-state index contributed by atoms with van der Waals surface area (Å²) in [5.41, 5.74) is 3.84. The van der Waals surface area contributed by atoms with E-state index in [-0.39, 0.29) is 6.10 Å². The lowest BCUT2D eigenvalue weighted by molar-refractivity contribution is -0.0540. The van der Waals surface area contributed by atoms with Crippen LogP contribution in [0.25, 0.3) is 0 Å². The topological polar surface area (TPSA) is 20.2 Å². The van der Waals surface area contributed by atoms with Gasteiger partial charge in [0.05, 0.1) is 6.10 Å².